The SMILES string of the molecule is CC(F)(F)C(=O)OC1C2CC3CC1CC(C(=O)OCC(COC(=O)C14CC5CC(CC(O)(C5)C1)C4)OC(=O)C14CC5CC(CC(O)(C5)C1)C4)(C3)C2. The average molecular weight is 719 g/mol. The van der Waals surface area contributed by atoms with Crippen molar-refractivity contribution in [2.45, 2.75) is 145 Å². The zero-order valence-corrected chi connectivity index (χ0v) is 29.5. The smallest absolute Gasteiger partial charge is 0.376 e. The van der Waals surface area contributed by atoms with Gasteiger partial charge >= 0.3 is 29.8 Å². The van der Waals surface area contributed by atoms with Gasteiger partial charge in [-0.15, -0.1) is 0 Å². The predicted molar refractivity (Wildman–Crippen MR) is 172 cm³/mol. The second-order valence-electron chi connectivity index (χ2n) is 19.7. The van der Waals surface area contributed by atoms with Crippen molar-refractivity contribution < 1.29 is 57.1 Å². The molecular formula is C39H52F2O10. The van der Waals surface area contributed by atoms with Crippen LogP contribution < -0.4 is 0 Å². The molecule has 0 aromatic heterocycles. The van der Waals surface area contributed by atoms with Crippen LogP contribution in [0.2, 0.25) is 0 Å². The molecule has 282 valence electrons. The number of hydrogen-bond acceptors (Lipinski definition) is 10. The number of rotatable bonds is 10. The molecule has 0 saturated heterocycles. The number of carbonyl (C=O) groups excluding carboxylic acids is 4. The fourth-order valence-corrected chi connectivity index (χ4v) is 14.6. The summed E-state index contributed by atoms with van der Waals surface area (Å²) < 4.78 is 50.8. The topological polar surface area (TPSA) is 146 Å². The first kappa shape index (κ1) is 34.4. The highest BCUT2D eigenvalue weighted by Gasteiger charge is 2.64. The average Bonchev–Trinajstić information content (AvgIpc) is 3.00. The first-order valence-corrected chi connectivity index (χ1v) is 19.6. The van der Waals surface area contributed by atoms with Crippen LogP contribution in [0.3, 0.4) is 0 Å². The Morgan fingerprint density at radius 3 is 1.51 bits per heavy atom. The summed E-state index contributed by atoms with van der Waals surface area (Å²) in [6.45, 7) is -0.0672. The molecule has 7 unspecified atom stereocenters. The van der Waals surface area contributed by atoms with Crippen LogP contribution in [0.15, 0.2) is 0 Å². The molecule has 12 saturated carbocycles. The van der Waals surface area contributed by atoms with Crippen molar-refractivity contribution in [1.29, 1.82) is 0 Å². The minimum absolute atomic E-state index is 0.193. The van der Waals surface area contributed by atoms with Crippen LogP contribution >= 0.6 is 0 Å². The van der Waals surface area contributed by atoms with Gasteiger partial charge < -0.3 is 29.2 Å². The molecule has 10 nitrogen and oxygen atoms in total. The van der Waals surface area contributed by atoms with E-state index in [2.05, 4.69) is 0 Å². The summed E-state index contributed by atoms with van der Waals surface area (Å²) in [4.78, 5) is 54.0. The standard InChI is InChI=1S/C39H52F2O10/c1-34(40,41)30(42)51-29-26-4-21-5-27(29)16-35(6-21,15-26)31(43)48-17-28(50-33(45)37-9-24-3-25(10-37)14-39(47,13-24)20-37)18-49-32(44)36-7-22-2-23(8-36)12-38(46,11-22)19-36/h21-29,46-47H,2-20H2,1H3. The number of carbonyl (C=O) groups is 4. The van der Waals surface area contributed by atoms with Crippen LogP contribution in [-0.2, 0) is 38.1 Å². The van der Waals surface area contributed by atoms with Gasteiger partial charge in [0.25, 0.3) is 0 Å². The molecule has 12 bridgehead atoms. The molecule has 0 radical (unpaired) electrons. The van der Waals surface area contributed by atoms with Gasteiger partial charge in [0, 0.05) is 6.92 Å². The molecule has 7 atom stereocenters. The lowest BCUT2D eigenvalue weighted by atomic mass is 9.48. The molecule has 12 aliphatic rings. The van der Waals surface area contributed by atoms with Crippen molar-refractivity contribution in [2.75, 3.05) is 13.2 Å². The van der Waals surface area contributed by atoms with Gasteiger partial charge in [-0.3, -0.25) is 14.4 Å². The molecule has 12 rings (SSSR count). The first-order valence-electron chi connectivity index (χ1n) is 19.6. The Morgan fingerprint density at radius 2 is 1.06 bits per heavy atom. The van der Waals surface area contributed by atoms with E-state index in [1.54, 1.807) is 0 Å². The van der Waals surface area contributed by atoms with E-state index in [9.17, 15) is 38.2 Å². The fourth-order valence-electron chi connectivity index (χ4n) is 14.6. The Hall–Kier alpha value is -2.34. The first-order chi connectivity index (χ1) is 24.0. The summed E-state index contributed by atoms with van der Waals surface area (Å²) in [6.07, 6.45) is 9.18. The molecule has 0 heterocycles. The summed E-state index contributed by atoms with van der Waals surface area (Å²) in [6, 6.07) is 0. The van der Waals surface area contributed by atoms with Gasteiger partial charge in [0.1, 0.15) is 19.3 Å². The van der Waals surface area contributed by atoms with Gasteiger partial charge in [0.05, 0.1) is 27.4 Å². The van der Waals surface area contributed by atoms with Gasteiger partial charge in [-0.2, -0.15) is 8.78 Å². The minimum Gasteiger partial charge on any atom is -0.461 e. The summed E-state index contributed by atoms with van der Waals surface area (Å²) in [5, 5.41) is 22.5. The number of esters is 4. The van der Waals surface area contributed by atoms with Crippen molar-refractivity contribution >= 4 is 23.9 Å². The molecule has 51 heavy (non-hydrogen) atoms. The quantitative estimate of drug-likeness (QED) is 0.233. The number of hydrogen-bond donors (Lipinski definition) is 2. The van der Waals surface area contributed by atoms with E-state index in [0.717, 1.165) is 12.8 Å². The Kier molecular flexibility index (Phi) is 7.65. The van der Waals surface area contributed by atoms with E-state index >= 15 is 0 Å². The number of ether oxygens (including phenoxy) is 4. The molecule has 0 aromatic carbocycles. The molecule has 12 fully saturated rings. The summed E-state index contributed by atoms with van der Waals surface area (Å²) >= 11 is 0. The lowest BCUT2D eigenvalue weighted by molar-refractivity contribution is -0.214. The Labute approximate surface area is 297 Å². The minimum atomic E-state index is -3.59. The largest absolute Gasteiger partial charge is 0.461 e. The third kappa shape index (κ3) is 5.82. The predicted octanol–water partition coefficient (Wildman–Crippen LogP) is 5.04. The number of alkyl halides is 2. The van der Waals surface area contributed by atoms with Crippen LogP contribution in [0.5, 0.6) is 0 Å². The van der Waals surface area contributed by atoms with Crippen LogP contribution in [0.25, 0.3) is 0 Å². The van der Waals surface area contributed by atoms with Crippen LogP contribution in [-0.4, -0.2) is 76.6 Å². The highest BCUT2D eigenvalue weighted by atomic mass is 19.3. The molecule has 12 heteroatoms. The maximum Gasteiger partial charge on any atom is 0.376 e. The Balaban J connectivity index is 0.898. The second-order valence-corrected chi connectivity index (χ2v) is 19.7. The molecule has 0 spiro atoms. The van der Waals surface area contributed by atoms with Gasteiger partial charge in [-0.25, -0.2) is 4.79 Å². The summed E-state index contributed by atoms with van der Waals surface area (Å²) in [5.41, 5.74) is -4.18. The molecule has 12 aliphatic carbocycles. The number of aliphatic hydroxyl groups is 2. The van der Waals surface area contributed by atoms with Crippen molar-refractivity contribution in [1.82, 2.24) is 0 Å². The van der Waals surface area contributed by atoms with Gasteiger partial charge in [-0.05, 0) is 151 Å². The highest BCUT2D eigenvalue weighted by Crippen LogP contribution is 2.64. The van der Waals surface area contributed by atoms with Gasteiger partial charge in [-0.1, -0.05) is 0 Å². The second kappa shape index (κ2) is 11.3. The molecule has 2 N–H and O–H groups in total. The van der Waals surface area contributed by atoms with E-state index < -0.39 is 69.5 Å². The molecule has 0 aromatic rings. The molecule has 0 aliphatic heterocycles. The Bertz CT molecular complexity index is 1460. The van der Waals surface area contributed by atoms with E-state index in [-0.39, 0.29) is 54.6 Å². The van der Waals surface area contributed by atoms with Gasteiger partial charge in [0.15, 0.2) is 6.10 Å². The van der Waals surface area contributed by atoms with Gasteiger partial charge in [0.2, 0.25) is 0 Å². The normalized spacial score (nSPS) is 48.7. The number of halogens is 2. The van der Waals surface area contributed by atoms with E-state index in [1.807, 2.05) is 0 Å². The van der Waals surface area contributed by atoms with Crippen LogP contribution in [0, 0.1) is 57.7 Å². The van der Waals surface area contributed by atoms with Crippen LogP contribution in [0.4, 0.5) is 8.78 Å². The van der Waals surface area contributed by atoms with Crippen LogP contribution in [0.1, 0.15) is 116 Å². The van der Waals surface area contributed by atoms with Crippen molar-refractivity contribution in [3.8, 4) is 0 Å². The maximum absolute atomic E-state index is 14.1. The van der Waals surface area contributed by atoms with Crippen molar-refractivity contribution in [3.05, 3.63) is 0 Å². The van der Waals surface area contributed by atoms with Crippen molar-refractivity contribution in [2.24, 2.45) is 57.7 Å². The highest BCUT2D eigenvalue weighted by molar-refractivity contribution is 5.80. The zero-order valence-electron chi connectivity index (χ0n) is 29.5. The third-order valence-electron chi connectivity index (χ3n) is 15.2. The van der Waals surface area contributed by atoms with Crippen molar-refractivity contribution in [3.63, 3.8) is 0 Å². The van der Waals surface area contributed by atoms with E-state index in [0.29, 0.717) is 103 Å². The lowest BCUT2D eigenvalue weighted by Crippen LogP contribution is -2.59. The fraction of sp³-hybridized carbons (Fsp3) is 0.897. The summed E-state index contributed by atoms with van der Waals surface area (Å²) in [5.74, 6) is -5.60. The lowest BCUT2D eigenvalue weighted by Gasteiger charge is -2.59. The molecular weight excluding hydrogens is 666 g/mol. The maximum atomic E-state index is 14.1. The third-order valence-corrected chi connectivity index (χ3v) is 15.2. The summed E-state index contributed by atoms with van der Waals surface area (Å²) in [7, 11) is 0. The molecule has 0 amide bonds. The zero-order chi connectivity index (χ0) is 35.8. The van der Waals surface area contributed by atoms with E-state index in [4.69, 9.17) is 18.9 Å². The monoisotopic (exact) mass is 718 g/mol. The Morgan fingerprint density at radius 1 is 0.627 bits per heavy atom. The van der Waals surface area contributed by atoms with E-state index in [1.165, 1.54) is 0 Å².